The van der Waals surface area contributed by atoms with Gasteiger partial charge in [-0.3, -0.25) is 4.79 Å². The zero-order valence-corrected chi connectivity index (χ0v) is 9.34. The highest BCUT2D eigenvalue weighted by molar-refractivity contribution is 5.80. The third-order valence-corrected chi connectivity index (χ3v) is 3.29. The molecule has 2 aliphatic rings. The monoisotopic (exact) mass is 212 g/mol. The van der Waals surface area contributed by atoms with Crippen LogP contribution in [0.25, 0.3) is 0 Å². The van der Waals surface area contributed by atoms with Gasteiger partial charge in [0.1, 0.15) is 0 Å². The van der Waals surface area contributed by atoms with E-state index >= 15 is 0 Å². The van der Waals surface area contributed by atoms with Crippen molar-refractivity contribution in [3.63, 3.8) is 0 Å². The summed E-state index contributed by atoms with van der Waals surface area (Å²) in [7, 11) is 0. The van der Waals surface area contributed by atoms with Crippen LogP contribution in [0.5, 0.6) is 0 Å². The minimum absolute atomic E-state index is 0.141. The fourth-order valence-corrected chi connectivity index (χ4v) is 2.31. The molecule has 0 radical (unpaired) electrons. The molecule has 15 heavy (non-hydrogen) atoms. The molecule has 0 aromatic rings. The first kappa shape index (κ1) is 10.9. The van der Waals surface area contributed by atoms with Crippen molar-refractivity contribution in [3.05, 3.63) is 0 Å². The molecule has 2 fully saturated rings. The number of amides is 1. The SMILES string of the molecule is CC1(NC(=O)C2CCNC2)CCCOC1. The molecule has 2 rings (SSSR count). The molecule has 2 unspecified atom stereocenters. The lowest BCUT2D eigenvalue weighted by atomic mass is 9.93. The molecule has 1 amide bonds. The predicted molar refractivity (Wildman–Crippen MR) is 57.6 cm³/mol. The Hall–Kier alpha value is -0.610. The summed E-state index contributed by atoms with van der Waals surface area (Å²) in [5.74, 6) is 0.344. The van der Waals surface area contributed by atoms with Crippen LogP contribution in [0, 0.1) is 5.92 Å². The van der Waals surface area contributed by atoms with Crippen LogP contribution in [-0.2, 0) is 9.53 Å². The molecule has 0 aromatic carbocycles. The van der Waals surface area contributed by atoms with Crippen LogP contribution < -0.4 is 10.6 Å². The van der Waals surface area contributed by atoms with Gasteiger partial charge >= 0.3 is 0 Å². The van der Waals surface area contributed by atoms with Crippen LogP contribution in [0.2, 0.25) is 0 Å². The highest BCUT2D eigenvalue weighted by Crippen LogP contribution is 2.19. The molecular formula is C11H20N2O2. The van der Waals surface area contributed by atoms with Crippen molar-refractivity contribution in [1.29, 1.82) is 0 Å². The fourth-order valence-electron chi connectivity index (χ4n) is 2.31. The summed E-state index contributed by atoms with van der Waals surface area (Å²) < 4.78 is 5.42. The van der Waals surface area contributed by atoms with E-state index in [0.717, 1.165) is 39.0 Å². The highest BCUT2D eigenvalue weighted by Gasteiger charge is 2.32. The number of hydrogen-bond acceptors (Lipinski definition) is 3. The van der Waals surface area contributed by atoms with E-state index in [2.05, 4.69) is 17.6 Å². The summed E-state index contributed by atoms with van der Waals surface area (Å²) in [6.07, 6.45) is 3.03. The predicted octanol–water partition coefficient (Wildman–Crippen LogP) is 0.281. The van der Waals surface area contributed by atoms with Crippen molar-refractivity contribution in [3.8, 4) is 0 Å². The quantitative estimate of drug-likeness (QED) is 0.691. The van der Waals surface area contributed by atoms with Crippen molar-refractivity contribution in [1.82, 2.24) is 10.6 Å². The van der Waals surface area contributed by atoms with E-state index in [1.807, 2.05) is 0 Å². The van der Waals surface area contributed by atoms with Gasteiger partial charge in [0.15, 0.2) is 0 Å². The Labute approximate surface area is 90.8 Å². The maximum Gasteiger partial charge on any atom is 0.224 e. The molecule has 2 N–H and O–H groups in total. The van der Waals surface area contributed by atoms with E-state index in [-0.39, 0.29) is 17.4 Å². The van der Waals surface area contributed by atoms with E-state index < -0.39 is 0 Å². The second kappa shape index (κ2) is 4.49. The summed E-state index contributed by atoms with van der Waals surface area (Å²) in [6.45, 7) is 5.34. The fraction of sp³-hybridized carbons (Fsp3) is 0.909. The smallest absolute Gasteiger partial charge is 0.224 e. The van der Waals surface area contributed by atoms with Gasteiger partial charge in [0, 0.05) is 13.2 Å². The van der Waals surface area contributed by atoms with Gasteiger partial charge in [-0.05, 0) is 32.7 Å². The van der Waals surface area contributed by atoms with E-state index in [1.54, 1.807) is 0 Å². The van der Waals surface area contributed by atoms with Gasteiger partial charge in [-0.2, -0.15) is 0 Å². The zero-order valence-electron chi connectivity index (χ0n) is 9.34. The Kier molecular flexibility index (Phi) is 3.26. The van der Waals surface area contributed by atoms with Gasteiger partial charge in [-0.1, -0.05) is 0 Å². The van der Waals surface area contributed by atoms with Crippen LogP contribution in [-0.4, -0.2) is 37.7 Å². The van der Waals surface area contributed by atoms with Crippen LogP contribution in [0.1, 0.15) is 26.2 Å². The maximum atomic E-state index is 11.9. The van der Waals surface area contributed by atoms with Crippen LogP contribution >= 0.6 is 0 Å². The number of ether oxygens (including phenoxy) is 1. The summed E-state index contributed by atoms with van der Waals surface area (Å²) in [5, 5.41) is 6.34. The molecule has 2 saturated heterocycles. The van der Waals surface area contributed by atoms with Gasteiger partial charge in [-0.25, -0.2) is 0 Å². The first-order chi connectivity index (χ1) is 7.20. The Bertz CT molecular complexity index is 231. The standard InChI is InChI=1S/C11H20N2O2/c1-11(4-2-6-15-8-11)13-10(14)9-3-5-12-7-9/h9,12H,2-8H2,1H3,(H,13,14). The van der Waals surface area contributed by atoms with Crippen molar-refractivity contribution < 1.29 is 9.53 Å². The minimum atomic E-state index is -0.141. The Morgan fingerprint density at radius 2 is 2.47 bits per heavy atom. The average molecular weight is 212 g/mol. The first-order valence-corrected chi connectivity index (χ1v) is 5.80. The summed E-state index contributed by atoms with van der Waals surface area (Å²) >= 11 is 0. The summed E-state index contributed by atoms with van der Waals surface area (Å²) in [6, 6.07) is 0. The van der Waals surface area contributed by atoms with Crippen molar-refractivity contribution in [2.75, 3.05) is 26.3 Å². The van der Waals surface area contributed by atoms with E-state index in [0.29, 0.717) is 6.61 Å². The van der Waals surface area contributed by atoms with Crippen LogP contribution in [0.15, 0.2) is 0 Å². The van der Waals surface area contributed by atoms with E-state index in [9.17, 15) is 4.79 Å². The Balaban J connectivity index is 1.86. The molecule has 0 saturated carbocycles. The normalized spacial score (nSPS) is 36.5. The summed E-state index contributed by atoms with van der Waals surface area (Å²) in [4.78, 5) is 11.9. The number of nitrogens with one attached hydrogen (secondary N) is 2. The molecule has 2 heterocycles. The molecule has 0 spiro atoms. The lowest BCUT2D eigenvalue weighted by Crippen LogP contribution is -2.53. The molecule has 86 valence electrons. The molecule has 4 heteroatoms. The van der Waals surface area contributed by atoms with Crippen LogP contribution in [0.3, 0.4) is 0 Å². The second-order valence-corrected chi connectivity index (χ2v) is 4.90. The minimum Gasteiger partial charge on any atom is -0.379 e. The molecule has 0 aromatic heterocycles. The topological polar surface area (TPSA) is 50.4 Å². The van der Waals surface area contributed by atoms with E-state index in [4.69, 9.17) is 4.74 Å². The molecule has 0 bridgehead atoms. The van der Waals surface area contributed by atoms with Gasteiger partial charge < -0.3 is 15.4 Å². The lowest BCUT2D eigenvalue weighted by molar-refractivity contribution is -0.128. The second-order valence-electron chi connectivity index (χ2n) is 4.90. The average Bonchev–Trinajstić information content (AvgIpc) is 2.70. The largest absolute Gasteiger partial charge is 0.379 e. The third kappa shape index (κ3) is 2.69. The van der Waals surface area contributed by atoms with Gasteiger partial charge in [0.05, 0.1) is 18.1 Å². The highest BCUT2D eigenvalue weighted by atomic mass is 16.5. The van der Waals surface area contributed by atoms with Crippen molar-refractivity contribution in [2.45, 2.75) is 31.7 Å². The first-order valence-electron chi connectivity index (χ1n) is 5.80. The number of rotatable bonds is 2. The molecule has 2 aliphatic heterocycles. The van der Waals surface area contributed by atoms with Crippen molar-refractivity contribution >= 4 is 5.91 Å². The Morgan fingerprint density at radius 1 is 1.60 bits per heavy atom. The van der Waals surface area contributed by atoms with Gasteiger partial charge in [0.25, 0.3) is 0 Å². The van der Waals surface area contributed by atoms with E-state index in [1.165, 1.54) is 0 Å². The molecule has 4 nitrogen and oxygen atoms in total. The molecule has 0 aliphatic carbocycles. The van der Waals surface area contributed by atoms with Crippen molar-refractivity contribution in [2.24, 2.45) is 5.92 Å². The number of carbonyl (C=O) groups excluding carboxylic acids is 1. The Morgan fingerprint density at radius 3 is 3.07 bits per heavy atom. The van der Waals surface area contributed by atoms with Crippen LogP contribution in [0.4, 0.5) is 0 Å². The molecular weight excluding hydrogens is 192 g/mol. The molecule has 2 atom stereocenters. The van der Waals surface area contributed by atoms with Gasteiger partial charge in [0.2, 0.25) is 5.91 Å². The number of hydrogen-bond donors (Lipinski definition) is 2. The summed E-state index contributed by atoms with van der Waals surface area (Å²) in [5.41, 5.74) is -0.141. The lowest BCUT2D eigenvalue weighted by Gasteiger charge is -2.35. The number of carbonyl (C=O) groups is 1. The zero-order chi connectivity index (χ0) is 10.7. The third-order valence-electron chi connectivity index (χ3n) is 3.29. The maximum absolute atomic E-state index is 11.9. The van der Waals surface area contributed by atoms with Gasteiger partial charge in [-0.15, -0.1) is 0 Å².